The number of carboxylic acid groups (broad SMARTS) is 1. The second-order valence-electron chi connectivity index (χ2n) is 4.25. The van der Waals surface area contributed by atoms with Crippen LogP contribution in [-0.2, 0) is 6.54 Å². The average Bonchev–Trinajstić information content (AvgIpc) is 2.78. The summed E-state index contributed by atoms with van der Waals surface area (Å²) in [5.41, 5.74) is 0.785. The standard InChI is InChI=1S/C11H16N2O3S/c14-6-9-3-1-2-4-13(9)5-8-7-17-10(12-8)11(15)16/h7,9,14H,1-6H2,(H,15,16). The van der Waals surface area contributed by atoms with E-state index in [0.717, 1.165) is 42.8 Å². The summed E-state index contributed by atoms with van der Waals surface area (Å²) in [5, 5.41) is 20.0. The molecular weight excluding hydrogens is 240 g/mol. The summed E-state index contributed by atoms with van der Waals surface area (Å²) in [7, 11) is 0. The highest BCUT2D eigenvalue weighted by Crippen LogP contribution is 2.20. The average molecular weight is 256 g/mol. The largest absolute Gasteiger partial charge is 0.476 e. The number of hydrogen-bond donors (Lipinski definition) is 2. The summed E-state index contributed by atoms with van der Waals surface area (Å²) >= 11 is 1.16. The third-order valence-electron chi connectivity index (χ3n) is 3.06. The van der Waals surface area contributed by atoms with Crippen molar-refractivity contribution >= 4 is 17.3 Å². The summed E-state index contributed by atoms with van der Waals surface area (Å²) in [6.45, 7) is 1.75. The van der Waals surface area contributed by atoms with E-state index in [1.165, 1.54) is 0 Å². The molecular formula is C11H16N2O3S. The molecule has 0 aromatic carbocycles. The van der Waals surface area contributed by atoms with Crippen LogP contribution in [0.5, 0.6) is 0 Å². The zero-order valence-corrected chi connectivity index (χ0v) is 10.3. The summed E-state index contributed by atoms with van der Waals surface area (Å²) in [6, 6.07) is 0.193. The SMILES string of the molecule is O=C(O)c1nc(CN2CCCCC2CO)cs1. The maximum atomic E-state index is 10.7. The first-order valence-corrected chi connectivity index (χ1v) is 6.61. The van der Waals surface area contributed by atoms with Crippen LogP contribution in [0.4, 0.5) is 0 Å². The van der Waals surface area contributed by atoms with Crippen LogP contribution in [0.3, 0.4) is 0 Å². The number of aliphatic hydroxyl groups is 1. The molecule has 2 rings (SSSR count). The highest BCUT2D eigenvalue weighted by Gasteiger charge is 2.22. The van der Waals surface area contributed by atoms with Crippen molar-refractivity contribution in [2.24, 2.45) is 0 Å². The summed E-state index contributed by atoms with van der Waals surface area (Å²) < 4.78 is 0. The van der Waals surface area contributed by atoms with Crippen molar-refractivity contribution in [3.05, 3.63) is 16.1 Å². The molecule has 0 spiro atoms. The van der Waals surface area contributed by atoms with Gasteiger partial charge in [-0.25, -0.2) is 9.78 Å². The number of rotatable bonds is 4. The number of likely N-dealkylation sites (tertiary alicyclic amines) is 1. The molecule has 1 aromatic rings. The normalized spacial score (nSPS) is 21.6. The van der Waals surface area contributed by atoms with Gasteiger partial charge in [0.05, 0.1) is 12.3 Å². The fraction of sp³-hybridized carbons (Fsp3) is 0.636. The molecule has 0 saturated carbocycles. The lowest BCUT2D eigenvalue weighted by molar-refractivity contribution is 0.0693. The van der Waals surface area contributed by atoms with E-state index in [2.05, 4.69) is 9.88 Å². The van der Waals surface area contributed by atoms with Gasteiger partial charge in [0.2, 0.25) is 5.01 Å². The van der Waals surface area contributed by atoms with Gasteiger partial charge in [0, 0.05) is 18.0 Å². The Morgan fingerprint density at radius 2 is 2.41 bits per heavy atom. The zero-order chi connectivity index (χ0) is 12.3. The van der Waals surface area contributed by atoms with Gasteiger partial charge in [0.25, 0.3) is 0 Å². The molecule has 1 saturated heterocycles. The van der Waals surface area contributed by atoms with Gasteiger partial charge >= 0.3 is 5.97 Å². The molecule has 1 atom stereocenters. The monoisotopic (exact) mass is 256 g/mol. The number of carbonyl (C=O) groups is 1. The van der Waals surface area contributed by atoms with E-state index in [1.807, 2.05) is 0 Å². The topological polar surface area (TPSA) is 73.7 Å². The van der Waals surface area contributed by atoms with E-state index < -0.39 is 5.97 Å². The van der Waals surface area contributed by atoms with Gasteiger partial charge in [-0.1, -0.05) is 6.42 Å². The van der Waals surface area contributed by atoms with Gasteiger partial charge in [-0.3, -0.25) is 4.90 Å². The van der Waals surface area contributed by atoms with Crippen LogP contribution in [0.1, 0.15) is 34.8 Å². The highest BCUT2D eigenvalue weighted by atomic mass is 32.1. The van der Waals surface area contributed by atoms with Crippen molar-refractivity contribution in [1.82, 2.24) is 9.88 Å². The smallest absolute Gasteiger partial charge is 0.365 e. The number of hydrogen-bond acceptors (Lipinski definition) is 5. The van der Waals surface area contributed by atoms with Crippen molar-refractivity contribution in [3.8, 4) is 0 Å². The molecule has 6 heteroatoms. The Kier molecular flexibility index (Phi) is 4.09. The van der Waals surface area contributed by atoms with Crippen molar-refractivity contribution < 1.29 is 15.0 Å². The molecule has 94 valence electrons. The van der Waals surface area contributed by atoms with Gasteiger partial charge < -0.3 is 10.2 Å². The van der Waals surface area contributed by atoms with E-state index in [9.17, 15) is 9.90 Å². The number of thiazole rings is 1. The molecule has 0 aliphatic carbocycles. The zero-order valence-electron chi connectivity index (χ0n) is 9.50. The second kappa shape index (κ2) is 5.57. The number of carboxylic acids is 1. The third-order valence-corrected chi connectivity index (χ3v) is 3.94. The highest BCUT2D eigenvalue weighted by molar-refractivity contribution is 7.11. The van der Waals surface area contributed by atoms with Gasteiger partial charge in [-0.15, -0.1) is 11.3 Å². The first kappa shape index (κ1) is 12.5. The Bertz CT molecular complexity index is 394. The molecule has 1 aliphatic rings. The molecule has 2 N–H and O–H groups in total. The molecule has 5 nitrogen and oxygen atoms in total. The van der Waals surface area contributed by atoms with Gasteiger partial charge in [0.15, 0.2) is 0 Å². The van der Waals surface area contributed by atoms with Crippen molar-refractivity contribution in [1.29, 1.82) is 0 Å². The van der Waals surface area contributed by atoms with Crippen LogP contribution in [0.25, 0.3) is 0 Å². The van der Waals surface area contributed by atoms with Gasteiger partial charge in [-0.05, 0) is 19.4 Å². The first-order chi connectivity index (χ1) is 8.20. The Hall–Kier alpha value is -0.980. The fourth-order valence-corrected chi connectivity index (χ4v) is 2.81. The summed E-state index contributed by atoms with van der Waals surface area (Å²) in [4.78, 5) is 17.0. The Balaban J connectivity index is 2.00. The molecule has 1 aromatic heterocycles. The molecule has 0 radical (unpaired) electrons. The lowest BCUT2D eigenvalue weighted by atomic mass is 10.0. The minimum atomic E-state index is -0.974. The third kappa shape index (κ3) is 3.02. The van der Waals surface area contributed by atoms with Crippen molar-refractivity contribution in [2.75, 3.05) is 13.2 Å². The lowest BCUT2D eigenvalue weighted by Gasteiger charge is -2.33. The maximum Gasteiger partial charge on any atom is 0.365 e. The first-order valence-electron chi connectivity index (χ1n) is 5.73. The molecule has 1 fully saturated rings. The van der Waals surface area contributed by atoms with Crippen molar-refractivity contribution in [2.45, 2.75) is 31.8 Å². The van der Waals surface area contributed by atoms with Crippen LogP contribution >= 0.6 is 11.3 Å². The van der Waals surface area contributed by atoms with Gasteiger partial charge in [0.1, 0.15) is 0 Å². The molecule has 17 heavy (non-hydrogen) atoms. The predicted octanol–water partition coefficient (Wildman–Crippen LogP) is 1.19. The minimum absolute atomic E-state index is 0.137. The number of aromatic nitrogens is 1. The second-order valence-corrected chi connectivity index (χ2v) is 5.11. The van der Waals surface area contributed by atoms with Crippen LogP contribution < -0.4 is 0 Å². The molecule has 1 aliphatic heterocycles. The van der Waals surface area contributed by atoms with E-state index in [4.69, 9.17) is 5.11 Å². The number of piperidine rings is 1. The van der Waals surface area contributed by atoms with Crippen molar-refractivity contribution in [3.63, 3.8) is 0 Å². The number of aliphatic hydroxyl groups excluding tert-OH is 1. The number of aromatic carboxylic acids is 1. The van der Waals surface area contributed by atoms with Crippen LogP contribution in [0.15, 0.2) is 5.38 Å². The molecule has 2 heterocycles. The maximum absolute atomic E-state index is 10.7. The molecule has 0 amide bonds. The Morgan fingerprint density at radius 3 is 3.06 bits per heavy atom. The quantitative estimate of drug-likeness (QED) is 0.846. The predicted molar refractivity (Wildman–Crippen MR) is 64.2 cm³/mol. The molecule has 0 bridgehead atoms. The minimum Gasteiger partial charge on any atom is -0.476 e. The van der Waals surface area contributed by atoms with E-state index in [1.54, 1.807) is 5.38 Å². The summed E-state index contributed by atoms with van der Waals surface area (Å²) in [5.74, 6) is -0.974. The lowest BCUT2D eigenvalue weighted by Crippen LogP contribution is -2.41. The Labute approximate surface area is 104 Å². The summed E-state index contributed by atoms with van der Waals surface area (Å²) in [6.07, 6.45) is 3.29. The fourth-order valence-electron chi connectivity index (χ4n) is 2.16. The number of nitrogens with zero attached hydrogens (tertiary/aromatic N) is 2. The van der Waals surface area contributed by atoms with E-state index in [-0.39, 0.29) is 17.7 Å². The van der Waals surface area contributed by atoms with Crippen LogP contribution in [0.2, 0.25) is 0 Å². The van der Waals surface area contributed by atoms with Gasteiger partial charge in [-0.2, -0.15) is 0 Å². The Morgan fingerprint density at radius 1 is 1.59 bits per heavy atom. The van der Waals surface area contributed by atoms with Crippen LogP contribution in [0, 0.1) is 0 Å². The molecule has 1 unspecified atom stereocenters. The van der Waals surface area contributed by atoms with E-state index >= 15 is 0 Å². The van der Waals surface area contributed by atoms with E-state index in [0.29, 0.717) is 6.54 Å². The van der Waals surface area contributed by atoms with Crippen LogP contribution in [-0.4, -0.2) is 45.3 Å².